The molecule has 100 valence electrons. The van der Waals surface area contributed by atoms with Gasteiger partial charge in [-0.3, -0.25) is 4.79 Å². The minimum atomic E-state index is -1.26. The molecule has 0 aromatic heterocycles. The van der Waals surface area contributed by atoms with E-state index in [1.807, 2.05) is 0 Å². The summed E-state index contributed by atoms with van der Waals surface area (Å²) in [5, 5.41) is 10.9. The van der Waals surface area contributed by atoms with E-state index in [4.69, 9.17) is 16.3 Å². The fourth-order valence-electron chi connectivity index (χ4n) is 1.57. The third-order valence-corrected chi connectivity index (χ3v) is 2.63. The smallest absolute Gasteiger partial charge is 0.309 e. The van der Waals surface area contributed by atoms with Crippen LogP contribution in [-0.2, 0) is 15.1 Å². The maximum atomic E-state index is 11.7. The summed E-state index contributed by atoms with van der Waals surface area (Å²) >= 11 is 5.78. The van der Waals surface area contributed by atoms with E-state index in [1.54, 1.807) is 52.0 Å². The van der Waals surface area contributed by atoms with Crippen molar-refractivity contribution < 1.29 is 14.6 Å². The molecule has 0 aliphatic rings. The van der Waals surface area contributed by atoms with Gasteiger partial charge in [0.2, 0.25) is 0 Å². The fourth-order valence-corrected chi connectivity index (χ4v) is 1.70. The second-order valence-electron chi connectivity index (χ2n) is 5.54. The Kier molecular flexibility index (Phi) is 4.41. The topological polar surface area (TPSA) is 46.5 Å². The van der Waals surface area contributed by atoms with E-state index in [9.17, 15) is 9.90 Å². The summed E-state index contributed by atoms with van der Waals surface area (Å²) in [5.74, 6) is -0.428. The Bertz CT molecular complexity index is 416. The Morgan fingerprint density at radius 1 is 1.22 bits per heavy atom. The molecule has 0 amide bonds. The van der Waals surface area contributed by atoms with Crippen molar-refractivity contribution in [1.82, 2.24) is 0 Å². The predicted octanol–water partition coefficient (Wildman–Crippen LogP) is 3.28. The number of carbonyl (C=O) groups excluding carboxylic acids is 1. The molecule has 0 aliphatic carbocycles. The molecule has 0 bridgehead atoms. The van der Waals surface area contributed by atoms with Crippen LogP contribution in [0.15, 0.2) is 24.3 Å². The number of aliphatic hydroxyl groups is 1. The summed E-state index contributed by atoms with van der Waals surface area (Å²) in [6.45, 7) is 6.96. The Morgan fingerprint density at radius 3 is 2.17 bits per heavy atom. The molecule has 1 unspecified atom stereocenters. The largest absolute Gasteiger partial charge is 0.460 e. The van der Waals surface area contributed by atoms with Crippen molar-refractivity contribution in [3.05, 3.63) is 34.9 Å². The highest BCUT2D eigenvalue weighted by Gasteiger charge is 2.29. The van der Waals surface area contributed by atoms with E-state index in [1.165, 1.54) is 0 Å². The lowest BCUT2D eigenvalue weighted by atomic mass is 9.92. The van der Waals surface area contributed by atoms with Crippen LogP contribution in [0.2, 0.25) is 5.02 Å². The highest BCUT2D eigenvalue weighted by molar-refractivity contribution is 6.30. The molecule has 1 atom stereocenters. The van der Waals surface area contributed by atoms with E-state index in [2.05, 4.69) is 0 Å². The van der Waals surface area contributed by atoms with E-state index in [-0.39, 0.29) is 6.42 Å². The van der Waals surface area contributed by atoms with Gasteiger partial charge in [0, 0.05) is 5.02 Å². The summed E-state index contributed by atoms with van der Waals surface area (Å²) in [6, 6.07) is 6.76. The standard InChI is InChI=1S/C14H19ClO3/c1-13(2,3)18-12(16)9-14(4,17)10-5-7-11(15)8-6-10/h5-8,17H,9H2,1-4H3. The molecule has 0 aliphatic heterocycles. The van der Waals surface area contributed by atoms with Crippen LogP contribution in [0.4, 0.5) is 0 Å². The average Bonchev–Trinajstić information content (AvgIpc) is 2.13. The van der Waals surface area contributed by atoms with Crippen molar-refractivity contribution in [2.24, 2.45) is 0 Å². The summed E-state index contributed by atoms with van der Waals surface area (Å²) in [4.78, 5) is 11.7. The van der Waals surface area contributed by atoms with Crippen LogP contribution in [0.25, 0.3) is 0 Å². The number of esters is 1. The zero-order valence-corrected chi connectivity index (χ0v) is 11.9. The van der Waals surface area contributed by atoms with Gasteiger partial charge in [-0.25, -0.2) is 0 Å². The fraction of sp³-hybridized carbons (Fsp3) is 0.500. The minimum Gasteiger partial charge on any atom is -0.460 e. The van der Waals surface area contributed by atoms with Crippen molar-refractivity contribution in [2.45, 2.75) is 45.3 Å². The van der Waals surface area contributed by atoms with Crippen molar-refractivity contribution in [2.75, 3.05) is 0 Å². The summed E-state index contributed by atoms with van der Waals surface area (Å²) in [5.41, 5.74) is -1.17. The number of carbonyl (C=O) groups is 1. The first-order valence-corrected chi connectivity index (χ1v) is 6.18. The molecule has 0 heterocycles. The Hall–Kier alpha value is -1.06. The molecule has 0 fully saturated rings. The molecule has 18 heavy (non-hydrogen) atoms. The van der Waals surface area contributed by atoms with Gasteiger partial charge in [0.05, 0.1) is 12.0 Å². The Balaban J connectivity index is 2.75. The van der Waals surface area contributed by atoms with Crippen LogP contribution in [0.5, 0.6) is 0 Å². The first kappa shape index (κ1) is 15.0. The van der Waals surface area contributed by atoms with Crippen molar-refractivity contribution >= 4 is 17.6 Å². The molecule has 4 heteroatoms. The second kappa shape index (κ2) is 5.29. The highest BCUT2D eigenvalue weighted by atomic mass is 35.5. The molecule has 0 radical (unpaired) electrons. The molecule has 0 spiro atoms. The maximum Gasteiger partial charge on any atom is 0.309 e. The number of benzene rings is 1. The molecule has 1 aromatic carbocycles. The molecule has 0 saturated heterocycles. The monoisotopic (exact) mass is 270 g/mol. The lowest BCUT2D eigenvalue weighted by molar-refractivity contribution is -0.160. The van der Waals surface area contributed by atoms with Gasteiger partial charge in [0.15, 0.2) is 0 Å². The Morgan fingerprint density at radius 2 is 1.72 bits per heavy atom. The SMILES string of the molecule is CC(C)(C)OC(=O)CC(C)(O)c1ccc(Cl)cc1. The minimum absolute atomic E-state index is 0.0914. The molecule has 0 saturated carbocycles. The van der Waals surface area contributed by atoms with Crippen molar-refractivity contribution in [3.63, 3.8) is 0 Å². The van der Waals surface area contributed by atoms with E-state index in [0.717, 1.165) is 0 Å². The Labute approximate surface area is 113 Å². The van der Waals surface area contributed by atoms with Crippen LogP contribution in [-0.4, -0.2) is 16.7 Å². The van der Waals surface area contributed by atoms with Crippen LogP contribution >= 0.6 is 11.6 Å². The normalized spacial score (nSPS) is 15.0. The first-order valence-electron chi connectivity index (χ1n) is 5.80. The average molecular weight is 271 g/mol. The van der Waals surface area contributed by atoms with Gasteiger partial charge >= 0.3 is 5.97 Å². The summed E-state index contributed by atoms with van der Waals surface area (Å²) in [6.07, 6.45) is -0.0914. The van der Waals surface area contributed by atoms with Gasteiger partial charge in [0.1, 0.15) is 5.60 Å². The molecular formula is C14H19ClO3. The van der Waals surface area contributed by atoms with Gasteiger partial charge in [-0.05, 0) is 45.4 Å². The lowest BCUT2D eigenvalue weighted by Crippen LogP contribution is -2.31. The molecule has 1 aromatic rings. The van der Waals surface area contributed by atoms with Crippen LogP contribution in [0.1, 0.15) is 39.7 Å². The third kappa shape index (κ3) is 4.67. The number of hydrogen-bond donors (Lipinski definition) is 1. The van der Waals surface area contributed by atoms with Gasteiger partial charge in [-0.15, -0.1) is 0 Å². The van der Waals surface area contributed by atoms with Gasteiger partial charge in [-0.1, -0.05) is 23.7 Å². The number of halogens is 1. The number of rotatable bonds is 3. The van der Waals surface area contributed by atoms with Gasteiger partial charge < -0.3 is 9.84 Å². The maximum absolute atomic E-state index is 11.7. The summed E-state index contributed by atoms with van der Waals surface area (Å²) in [7, 11) is 0. The van der Waals surface area contributed by atoms with Crippen molar-refractivity contribution in [1.29, 1.82) is 0 Å². The third-order valence-electron chi connectivity index (χ3n) is 2.37. The van der Waals surface area contributed by atoms with E-state index < -0.39 is 17.2 Å². The van der Waals surface area contributed by atoms with Gasteiger partial charge in [-0.2, -0.15) is 0 Å². The zero-order chi connectivity index (χ0) is 14.0. The number of hydrogen-bond acceptors (Lipinski definition) is 3. The lowest BCUT2D eigenvalue weighted by Gasteiger charge is -2.26. The first-order chi connectivity index (χ1) is 8.10. The predicted molar refractivity (Wildman–Crippen MR) is 71.5 cm³/mol. The second-order valence-corrected chi connectivity index (χ2v) is 5.98. The zero-order valence-electron chi connectivity index (χ0n) is 11.2. The van der Waals surface area contributed by atoms with Crippen molar-refractivity contribution in [3.8, 4) is 0 Å². The van der Waals surface area contributed by atoms with Crippen LogP contribution in [0, 0.1) is 0 Å². The van der Waals surface area contributed by atoms with Crippen LogP contribution in [0.3, 0.4) is 0 Å². The van der Waals surface area contributed by atoms with Crippen LogP contribution < -0.4 is 0 Å². The number of ether oxygens (including phenoxy) is 1. The van der Waals surface area contributed by atoms with Gasteiger partial charge in [0.25, 0.3) is 0 Å². The highest BCUT2D eigenvalue weighted by Crippen LogP contribution is 2.27. The quantitative estimate of drug-likeness (QED) is 0.858. The summed E-state index contributed by atoms with van der Waals surface area (Å²) < 4.78 is 5.19. The van der Waals surface area contributed by atoms with E-state index >= 15 is 0 Å². The molecule has 1 N–H and O–H groups in total. The molecule has 3 nitrogen and oxygen atoms in total. The molecule has 1 rings (SSSR count). The van der Waals surface area contributed by atoms with E-state index in [0.29, 0.717) is 10.6 Å². The molecular weight excluding hydrogens is 252 g/mol.